The van der Waals surface area contributed by atoms with E-state index < -0.39 is 0 Å². The van der Waals surface area contributed by atoms with Gasteiger partial charge in [-0.15, -0.1) is 0 Å². The summed E-state index contributed by atoms with van der Waals surface area (Å²) in [5.74, 6) is 2.02. The summed E-state index contributed by atoms with van der Waals surface area (Å²) in [5, 5.41) is 3.44. The zero-order chi connectivity index (χ0) is 12.2. The Hall–Kier alpha value is -0.120. The highest BCUT2D eigenvalue weighted by Gasteiger charge is 2.25. The van der Waals surface area contributed by atoms with Gasteiger partial charge in [-0.25, -0.2) is 0 Å². The predicted molar refractivity (Wildman–Crippen MR) is 75.8 cm³/mol. The van der Waals surface area contributed by atoms with Crippen LogP contribution in [0.3, 0.4) is 0 Å². The lowest BCUT2D eigenvalue weighted by atomic mass is 9.84. The van der Waals surface area contributed by atoms with Gasteiger partial charge >= 0.3 is 0 Å². The van der Waals surface area contributed by atoms with Gasteiger partial charge in [-0.3, -0.25) is 0 Å². The van der Waals surface area contributed by atoms with Gasteiger partial charge in [0.15, 0.2) is 0 Å². The normalized spacial score (nSPS) is 29.3. The van der Waals surface area contributed by atoms with Gasteiger partial charge in [0.1, 0.15) is 0 Å². The van der Waals surface area contributed by atoms with Gasteiger partial charge in [-0.05, 0) is 50.6 Å². The molecule has 1 N–H and O–H groups in total. The molecule has 0 amide bonds. The van der Waals surface area contributed by atoms with Crippen LogP contribution in [-0.4, -0.2) is 62.2 Å². The first kappa shape index (κ1) is 12.9. The molecule has 2 aliphatic heterocycles. The Morgan fingerprint density at radius 3 is 1.83 bits per heavy atom. The maximum atomic E-state index is 3.44. The van der Waals surface area contributed by atoms with E-state index >= 15 is 0 Å². The highest BCUT2D eigenvalue weighted by atomic mass is 15.2. The van der Waals surface area contributed by atoms with Crippen LogP contribution in [0, 0.1) is 11.8 Å². The summed E-state index contributed by atoms with van der Waals surface area (Å²) in [6.45, 7) is 10.4. The molecule has 1 aliphatic carbocycles. The summed E-state index contributed by atoms with van der Waals surface area (Å²) < 4.78 is 0. The highest BCUT2D eigenvalue weighted by molar-refractivity contribution is 4.80. The quantitative estimate of drug-likeness (QED) is 0.815. The maximum Gasteiger partial charge on any atom is 0.0107 e. The molecular formula is C15H29N3. The van der Waals surface area contributed by atoms with Crippen molar-refractivity contribution in [3.05, 3.63) is 0 Å². The first-order valence-electron chi connectivity index (χ1n) is 8.05. The lowest BCUT2D eigenvalue weighted by Crippen LogP contribution is -2.47. The summed E-state index contributed by atoms with van der Waals surface area (Å²) in [7, 11) is 0. The number of rotatable bonds is 4. The van der Waals surface area contributed by atoms with Gasteiger partial charge in [-0.2, -0.15) is 0 Å². The fourth-order valence-electron chi connectivity index (χ4n) is 3.65. The summed E-state index contributed by atoms with van der Waals surface area (Å²) >= 11 is 0. The number of piperazine rings is 1. The van der Waals surface area contributed by atoms with E-state index in [1.165, 1.54) is 84.5 Å². The van der Waals surface area contributed by atoms with Crippen LogP contribution in [0.2, 0.25) is 0 Å². The van der Waals surface area contributed by atoms with Gasteiger partial charge in [0.05, 0.1) is 0 Å². The molecule has 1 saturated carbocycles. The molecule has 0 unspecified atom stereocenters. The Bertz CT molecular complexity index is 238. The number of piperidine rings is 1. The molecule has 3 nitrogen and oxygen atoms in total. The van der Waals surface area contributed by atoms with E-state index in [2.05, 4.69) is 15.1 Å². The van der Waals surface area contributed by atoms with Crippen molar-refractivity contribution >= 4 is 0 Å². The average Bonchev–Trinajstić information content (AvgIpc) is 2.37. The smallest absolute Gasteiger partial charge is 0.0107 e. The zero-order valence-electron chi connectivity index (χ0n) is 11.7. The number of hydrogen-bond donors (Lipinski definition) is 1. The third-order valence-corrected chi connectivity index (χ3v) is 5.17. The molecule has 0 atom stereocenters. The summed E-state index contributed by atoms with van der Waals surface area (Å²) in [6.07, 6.45) is 7.37. The fourth-order valence-corrected chi connectivity index (χ4v) is 3.65. The van der Waals surface area contributed by atoms with E-state index in [0.717, 1.165) is 11.8 Å². The van der Waals surface area contributed by atoms with Gasteiger partial charge in [0.25, 0.3) is 0 Å². The molecule has 0 spiro atoms. The Balaban J connectivity index is 1.34. The average molecular weight is 251 g/mol. The van der Waals surface area contributed by atoms with Gasteiger partial charge in [-0.1, -0.05) is 6.42 Å². The molecule has 2 saturated heterocycles. The molecule has 3 rings (SSSR count). The van der Waals surface area contributed by atoms with Crippen molar-refractivity contribution in [1.29, 1.82) is 0 Å². The SMILES string of the molecule is C1CC(CN2CCC(CN3CCNCC3)CC2)C1. The molecule has 0 aromatic carbocycles. The molecule has 2 heterocycles. The van der Waals surface area contributed by atoms with E-state index in [0.29, 0.717) is 0 Å². The largest absolute Gasteiger partial charge is 0.314 e. The third kappa shape index (κ3) is 3.46. The van der Waals surface area contributed by atoms with Crippen molar-refractivity contribution in [2.24, 2.45) is 11.8 Å². The van der Waals surface area contributed by atoms with E-state index in [9.17, 15) is 0 Å². The molecule has 0 bridgehead atoms. The van der Waals surface area contributed by atoms with Crippen LogP contribution in [0.25, 0.3) is 0 Å². The van der Waals surface area contributed by atoms with E-state index in [-0.39, 0.29) is 0 Å². The monoisotopic (exact) mass is 251 g/mol. The fraction of sp³-hybridized carbons (Fsp3) is 1.00. The van der Waals surface area contributed by atoms with Crippen molar-refractivity contribution in [3.63, 3.8) is 0 Å². The van der Waals surface area contributed by atoms with Crippen LogP contribution in [0.4, 0.5) is 0 Å². The molecule has 0 aromatic heterocycles. The van der Waals surface area contributed by atoms with Crippen LogP contribution < -0.4 is 5.32 Å². The Kier molecular flexibility index (Phi) is 4.55. The summed E-state index contributed by atoms with van der Waals surface area (Å²) in [4.78, 5) is 5.40. The van der Waals surface area contributed by atoms with Crippen molar-refractivity contribution in [1.82, 2.24) is 15.1 Å². The second kappa shape index (κ2) is 6.36. The van der Waals surface area contributed by atoms with Crippen molar-refractivity contribution in [3.8, 4) is 0 Å². The molecule has 104 valence electrons. The second-order valence-electron chi connectivity index (χ2n) is 6.59. The van der Waals surface area contributed by atoms with Crippen LogP contribution >= 0.6 is 0 Å². The molecule has 18 heavy (non-hydrogen) atoms. The van der Waals surface area contributed by atoms with Gasteiger partial charge in [0.2, 0.25) is 0 Å². The minimum atomic E-state index is 0.973. The number of hydrogen-bond acceptors (Lipinski definition) is 3. The Labute approximate surface area is 112 Å². The zero-order valence-corrected chi connectivity index (χ0v) is 11.7. The topological polar surface area (TPSA) is 18.5 Å². The molecule has 3 heteroatoms. The highest BCUT2D eigenvalue weighted by Crippen LogP contribution is 2.28. The van der Waals surface area contributed by atoms with Gasteiger partial charge < -0.3 is 15.1 Å². The molecule has 0 radical (unpaired) electrons. The van der Waals surface area contributed by atoms with Gasteiger partial charge in [0, 0.05) is 39.3 Å². The Morgan fingerprint density at radius 2 is 1.28 bits per heavy atom. The lowest BCUT2D eigenvalue weighted by Gasteiger charge is -2.39. The predicted octanol–water partition coefficient (Wildman–Crippen LogP) is 1.40. The number of nitrogens with zero attached hydrogens (tertiary/aromatic N) is 2. The van der Waals surface area contributed by atoms with Crippen LogP contribution in [0.5, 0.6) is 0 Å². The van der Waals surface area contributed by atoms with Crippen molar-refractivity contribution in [2.45, 2.75) is 32.1 Å². The second-order valence-corrected chi connectivity index (χ2v) is 6.59. The van der Waals surface area contributed by atoms with Crippen molar-refractivity contribution < 1.29 is 0 Å². The molecule has 0 aromatic rings. The minimum Gasteiger partial charge on any atom is -0.314 e. The first-order valence-corrected chi connectivity index (χ1v) is 8.05. The summed E-state index contributed by atoms with van der Waals surface area (Å²) in [5.41, 5.74) is 0. The molecular weight excluding hydrogens is 222 g/mol. The van der Waals surface area contributed by atoms with Crippen LogP contribution in [0.15, 0.2) is 0 Å². The number of likely N-dealkylation sites (tertiary alicyclic amines) is 1. The maximum absolute atomic E-state index is 3.44. The molecule has 3 fully saturated rings. The first-order chi connectivity index (χ1) is 8.90. The van der Waals surface area contributed by atoms with E-state index in [1.54, 1.807) is 0 Å². The number of nitrogens with one attached hydrogen (secondary N) is 1. The third-order valence-electron chi connectivity index (χ3n) is 5.17. The van der Waals surface area contributed by atoms with E-state index in [1.807, 2.05) is 0 Å². The van der Waals surface area contributed by atoms with Crippen molar-refractivity contribution in [2.75, 3.05) is 52.4 Å². The van der Waals surface area contributed by atoms with E-state index in [4.69, 9.17) is 0 Å². The minimum absolute atomic E-state index is 0.973. The van der Waals surface area contributed by atoms with Crippen LogP contribution in [-0.2, 0) is 0 Å². The van der Waals surface area contributed by atoms with Crippen LogP contribution in [0.1, 0.15) is 32.1 Å². The summed E-state index contributed by atoms with van der Waals surface area (Å²) in [6, 6.07) is 0. The Morgan fingerprint density at radius 1 is 0.722 bits per heavy atom. The molecule has 3 aliphatic rings. The standard InChI is InChI=1S/C15H29N3/c1-2-14(3-1)12-17-8-4-15(5-9-17)13-18-10-6-16-7-11-18/h14-16H,1-13H2. The lowest BCUT2D eigenvalue weighted by molar-refractivity contribution is 0.108.